The Morgan fingerprint density at radius 3 is 2.93 bits per heavy atom. The lowest BCUT2D eigenvalue weighted by Crippen LogP contribution is -2.29. The molecule has 0 radical (unpaired) electrons. The second-order valence-electron chi connectivity index (χ2n) is 4.15. The summed E-state index contributed by atoms with van der Waals surface area (Å²) in [6.07, 6.45) is 5.15. The van der Waals surface area contributed by atoms with E-state index in [4.69, 9.17) is 5.41 Å². The predicted molar refractivity (Wildman–Crippen MR) is 61.0 cm³/mol. The summed E-state index contributed by atoms with van der Waals surface area (Å²) in [7, 11) is 2.00. The Bertz CT molecular complexity index is 330. The van der Waals surface area contributed by atoms with Gasteiger partial charge in [0.2, 0.25) is 0 Å². The number of pyridine rings is 1. The van der Waals surface area contributed by atoms with Crippen LogP contribution in [0.4, 0.5) is 0 Å². The molecular weight excluding hydrogens is 186 g/mol. The summed E-state index contributed by atoms with van der Waals surface area (Å²) < 4.78 is 0. The molecule has 1 aliphatic carbocycles. The Hall–Kier alpha value is -1.38. The summed E-state index contributed by atoms with van der Waals surface area (Å²) in [4.78, 5) is 6.32. The molecule has 1 aromatic heterocycles. The number of nitrogens with one attached hydrogen (secondary N) is 1. The van der Waals surface area contributed by atoms with E-state index in [0.717, 1.165) is 24.5 Å². The molecule has 1 saturated carbocycles. The van der Waals surface area contributed by atoms with Gasteiger partial charge in [-0.3, -0.25) is 10.4 Å². The summed E-state index contributed by atoms with van der Waals surface area (Å²) in [6.45, 7) is 0.895. The zero-order valence-corrected chi connectivity index (χ0v) is 9.11. The first kappa shape index (κ1) is 10.1. The van der Waals surface area contributed by atoms with Crippen LogP contribution in [0.1, 0.15) is 18.5 Å². The van der Waals surface area contributed by atoms with E-state index < -0.39 is 0 Å². The predicted octanol–water partition coefficient (Wildman–Crippen LogP) is 1.94. The smallest absolute Gasteiger partial charge is 0.0986 e. The van der Waals surface area contributed by atoms with Crippen molar-refractivity contribution in [1.82, 2.24) is 9.88 Å². The molecule has 0 spiro atoms. The van der Waals surface area contributed by atoms with Gasteiger partial charge in [0.25, 0.3) is 0 Å². The Morgan fingerprint density at radius 1 is 1.53 bits per heavy atom. The number of nitrogens with zero attached hydrogens (tertiary/aromatic N) is 2. The second-order valence-corrected chi connectivity index (χ2v) is 4.15. The van der Waals surface area contributed by atoms with E-state index >= 15 is 0 Å². The maximum atomic E-state index is 7.88. The summed E-state index contributed by atoms with van der Waals surface area (Å²) >= 11 is 0. The molecule has 0 unspecified atom stereocenters. The first-order chi connectivity index (χ1) is 7.27. The van der Waals surface area contributed by atoms with Crippen molar-refractivity contribution in [2.75, 3.05) is 13.6 Å². The highest BCUT2D eigenvalue weighted by molar-refractivity contribution is 5.83. The van der Waals surface area contributed by atoms with Crippen LogP contribution in [0, 0.1) is 11.3 Å². The third-order valence-corrected chi connectivity index (χ3v) is 2.80. The topological polar surface area (TPSA) is 40.0 Å². The molecule has 0 atom stereocenters. The fraction of sp³-hybridized carbons (Fsp3) is 0.500. The van der Waals surface area contributed by atoms with E-state index in [1.54, 1.807) is 0 Å². The Morgan fingerprint density at radius 2 is 2.33 bits per heavy atom. The normalized spacial score (nSPS) is 15.0. The van der Waals surface area contributed by atoms with Gasteiger partial charge in [0, 0.05) is 37.8 Å². The molecule has 0 bridgehead atoms. The van der Waals surface area contributed by atoms with Crippen LogP contribution in [0.5, 0.6) is 0 Å². The summed E-state index contributed by atoms with van der Waals surface area (Å²) in [5.41, 5.74) is 1.10. The number of hydrogen-bond acceptors (Lipinski definition) is 2. The number of hydrogen-bond donors (Lipinski definition) is 1. The first-order valence-electron chi connectivity index (χ1n) is 5.47. The summed E-state index contributed by atoms with van der Waals surface area (Å²) in [5, 5.41) is 7.88. The van der Waals surface area contributed by atoms with E-state index in [9.17, 15) is 0 Å². The van der Waals surface area contributed by atoms with Crippen LogP contribution in [0.3, 0.4) is 0 Å². The van der Waals surface area contributed by atoms with Crippen LogP contribution in [-0.2, 0) is 6.42 Å². The molecule has 2 rings (SSSR count). The molecule has 80 valence electrons. The monoisotopic (exact) mass is 203 g/mol. The van der Waals surface area contributed by atoms with Crippen LogP contribution in [0.25, 0.3) is 0 Å². The van der Waals surface area contributed by atoms with Gasteiger partial charge in [-0.2, -0.15) is 0 Å². The van der Waals surface area contributed by atoms with Gasteiger partial charge in [0.15, 0.2) is 0 Å². The van der Waals surface area contributed by atoms with Gasteiger partial charge in [0.05, 0.1) is 5.84 Å². The molecule has 1 N–H and O–H groups in total. The Balaban J connectivity index is 1.80. The number of amidine groups is 1. The molecule has 0 aliphatic heterocycles. The zero-order valence-electron chi connectivity index (χ0n) is 9.11. The maximum Gasteiger partial charge on any atom is 0.0986 e. The van der Waals surface area contributed by atoms with Crippen molar-refractivity contribution < 1.29 is 0 Å². The lowest BCUT2D eigenvalue weighted by atomic mass is 10.2. The minimum absolute atomic E-state index is 0.540. The van der Waals surface area contributed by atoms with Gasteiger partial charge in [0.1, 0.15) is 0 Å². The largest absolute Gasteiger partial charge is 0.363 e. The lowest BCUT2D eigenvalue weighted by Gasteiger charge is -2.19. The van der Waals surface area contributed by atoms with Gasteiger partial charge in [-0.05, 0) is 25.0 Å². The van der Waals surface area contributed by atoms with Crippen molar-refractivity contribution in [3.63, 3.8) is 0 Å². The minimum atomic E-state index is 0.540. The highest BCUT2D eigenvalue weighted by Crippen LogP contribution is 2.30. The van der Waals surface area contributed by atoms with Gasteiger partial charge in [-0.25, -0.2) is 0 Å². The van der Waals surface area contributed by atoms with Gasteiger partial charge in [-0.1, -0.05) is 6.07 Å². The zero-order chi connectivity index (χ0) is 10.7. The first-order valence-corrected chi connectivity index (χ1v) is 5.47. The lowest BCUT2D eigenvalue weighted by molar-refractivity contribution is 0.487. The minimum Gasteiger partial charge on any atom is -0.363 e. The fourth-order valence-electron chi connectivity index (χ4n) is 1.62. The molecule has 0 amide bonds. The van der Waals surface area contributed by atoms with Crippen LogP contribution in [-0.4, -0.2) is 29.3 Å². The molecular formula is C12H17N3. The highest BCUT2D eigenvalue weighted by atomic mass is 15.1. The molecule has 1 heterocycles. The molecule has 0 saturated heterocycles. The van der Waals surface area contributed by atoms with Crippen LogP contribution >= 0.6 is 0 Å². The van der Waals surface area contributed by atoms with Crippen LogP contribution < -0.4 is 0 Å². The molecule has 15 heavy (non-hydrogen) atoms. The maximum absolute atomic E-state index is 7.88. The third kappa shape index (κ3) is 2.78. The SMILES string of the molecule is CN(CCc1ccccn1)C(=N)C1CC1. The van der Waals surface area contributed by atoms with Crippen molar-refractivity contribution >= 4 is 5.84 Å². The average molecular weight is 203 g/mol. The van der Waals surface area contributed by atoms with Crippen molar-refractivity contribution in [1.29, 1.82) is 5.41 Å². The van der Waals surface area contributed by atoms with E-state index in [0.29, 0.717) is 5.92 Å². The van der Waals surface area contributed by atoms with Gasteiger partial charge >= 0.3 is 0 Å². The van der Waals surface area contributed by atoms with Gasteiger partial charge < -0.3 is 4.90 Å². The van der Waals surface area contributed by atoms with E-state index in [1.165, 1.54) is 12.8 Å². The standard InChI is InChI=1S/C12H17N3/c1-15(12(13)10-5-6-10)9-7-11-4-2-3-8-14-11/h2-4,8,10,13H,5-7,9H2,1H3. The average Bonchev–Trinajstić information content (AvgIpc) is 3.10. The van der Waals surface area contributed by atoms with Crippen molar-refractivity contribution in [2.45, 2.75) is 19.3 Å². The highest BCUT2D eigenvalue weighted by Gasteiger charge is 2.28. The van der Waals surface area contributed by atoms with Crippen molar-refractivity contribution in [3.05, 3.63) is 30.1 Å². The number of aromatic nitrogens is 1. The fourth-order valence-corrected chi connectivity index (χ4v) is 1.62. The molecule has 1 aliphatic rings. The van der Waals surface area contributed by atoms with Crippen LogP contribution in [0.15, 0.2) is 24.4 Å². The van der Waals surface area contributed by atoms with Gasteiger partial charge in [-0.15, -0.1) is 0 Å². The van der Waals surface area contributed by atoms with Crippen molar-refractivity contribution in [3.8, 4) is 0 Å². The molecule has 3 nitrogen and oxygen atoms in total. The third-order valence-electron chi connectivity index (χ3n) is 2.80. The Kier molecular flexibility index (Phi) is 2.99. The summed E-state index contributed by atoms with van der Waals surface area (Å²) in [6, 6.07) is 5.97. The Labute approximate surface area is 90.6 Å². The van der Waals surface area contributed by atoms with Crippen molar-refractivity contribution in [2.24, 2.45) is 5.92 Å². The van der Waals surface area contributed by atoms with E-state index in [1.807, 2.05) is 36.3 Å². The van der Waals surface area contributed by atoms with E-state index in [2.05, 4.69) is 4.98 Å². The number of likely N-dealkylation sites (N-methyl/N-ethyl adjacent to an activating group) is 1. The molecule has 0 aromatic carbocycles. The molecule has 1 aromatic rings. The summed E-state index contributed by atoms with van der Waals surface area (Å²) in [5.74, 6) is 1.34. The molecule has 1 fully saturated rings. The molecule has 3 heteroatoms. The quantitative estimate of drug-likeness (QED) is 0.600. The number of rotatable bonds is 4. The van der Waals surface area contributed by atoms with E-state index in [-0.39, 0.29) is 0 Å². The second kappa shape index (κ2) is 4.43. The van der Waals surface area contributed by atoms with Crippen LogP contribution in [0.2, 0.25) is 0 Å².